The minimum absolute atomic E-state index is 0.235. The lowest BCUT2D eigenvalue weighted by atomic mass is 10.1. The topological polar surface area (TPSA) is 66.9 Å². The van der Waals surface area contributed by atoms with E-state index in [1.165, 1.54) is 18.5 Å². The lowest BCUT2D eigenvalue weighted by molar-refractivity contribution is 0.0914. The third-order valence-electron chi connectivity index (χ3n) is 3.02. The number of amides is 1. The minimum atomic E-state index is -0.321. The van der Waals surface area contributed by atoms with E-state index in [-0.39, 0.29) is 17.3 Å². The number of benzene rings is 1. The van der Waals surface area contributed by atoms with E-state index in [2.05, 4.69) is 20.6 Å². The maximum Gasteiger partial charge on any atom is 0.270 e. The Morgan fingerprint density at radius 3 is 2.52 bits per heavy atom. The summed E-state index contributed by atoms with van der Waals surface area (Å²) in [5, 5.41) is 6.00. The number of hydrogen-bond donors (Lipinski definition) is 2. The molecule has 5 nitrogen and oxygen atoms in total. The molecule has 0 radical (unpaired) electrons. The predicted molar refractivity (Wildman–Crippen MR) is 87.8 cm³/mol. The van der Waals surface area contributed by atoms with Gasteiger partial charge in [-0.25, -0.2) is 14.4 Å². The summed E-state index contributed by atoms with van der Waals surface area (Å²) < 4.78 is 12.8. The van der Waals surface area contributed by atoms with Crippen molar-refractivity contribution in [2.75, 3.05) is 11.9 Å². The summed E-state index contributed by atoms with van der Waals surface area (Å²) in [4.78, 5) is 20.2. The maximum absolute atomic E-state index is 12.8. The molecule has 23 heavy (non-hydrogen) atoms. The fourth-order valence-electron chi connectivity index (χ4n) is 1.97. The number of carbonyl (C=O) groups is 1. The van der Waals surface area contributed by atoms with Crippen LogP contribution in [0, 0.1) is 5.82 Å². The van der Waals surface area contributed by atoms with Crippen molar-refractivity contribution in [2.45, 2.75) is 32.7 Å². The Kier molecular flexibility index (Phi) is 5.26. The molecule has 0 aliphatic heterocycles. The van der Waals surface area contributed by atoms with Gasteiger partial charge < -0.3 is 10.6 Å². The molecule has 1 aromatic carbocycles. The van der Waals surface area contributed by atoms with Crippen LogP contribution in [0.15, 0.2) is 36.7 Å². The Bertz CT molecular complexity index is 665. The van der Waals surface area contributed by atoms with Crippen LogP contribution in [0.25, 0.3) is 0 Å². The second-order valence-corrected chi connectivity index (χ2v) is 6.30. The molecular weight excluding hydrogens is 295 g/mol. The zero-order valence-corrected chi connectivity index (χ0v) is 13.6. The lowest BCUT2D eigenvalue weighted by Crippen LogP contribution is -2.41. The van der Waals surface area contributed by atoms with Crippen LogP contribution in [-0.2, 0) is 6.42 Å². The average molecular weight is 316 g/mol. The molecule has 1 amide bonds. The second-order valence-electron chi connectivity index (χ2n) is 6.30. The van der Waals surface area contributed by atoms with Crippen LogP contribution in [0.2, 0.25) is 0 Å². The molecule has 0 aliphatic carbocycles. The first-order valence-electron chi connectivity index (χ1n) is 7.46. The second kappa shape index (κ2) is 7.17. The molecule has 1 aromatic heterocycles. The molecule has 2 aromatic rings. The van der Waals surface area contributed by atoms with Crippen molar-refractivity contribution in [1.29, 1.82) is 0 Å². The van der Waals surface area contributed by atoms with E-state index in [0.717, 1.165) is 12.0 Å². The summed E-state index contributed by atoms with van der Waals surface area (Å²) in [7, 11) is 0. The summed E-state index contributed by atoms with van der Waals surface area (Å²) in [6, 6.07) is 7.99. The molecule has 0 atom stereocenters. The number of nitrogens with one attached hydrogen (secondary N) is 2. The summed E-state index contributed by atoms with van der Waals surface area (Å²) in [6.45, 7) is 6.36. The molecule has 0 aliphatic rings. The molecule has 0 saturated heterocycles. The Morgan fingerprint density at radius 1 is 1.17 bits per heavy atom. The fraction of sp³-hybridized carbons (Fsp3) is 0.353. The molecule has 2 rings (SSSR count). The first-order valence-corrected chi connectivity index (χ1v) is 7.46. The van der Waals surface area contributed by atoms with Crippen LogP contribution < -0.4 is 10.6 Å². The van der Waals surface area contributed by atoms with E-state index in [0.29, 0.717) is 18.1 Å². The third kappa shape index (κ3) is 5.65. The van der Waals surface area contributed by atoms with Gasteiger partial charge in [0.2, 0.25) is 0 Å². The highest BCUT2D eigenvalue weighted by molar-refractivity contribution is 5.93. The number of halogens is 1. The summed E-state index contributed by atoms with van der Waals surface area (Å²) in [5.41, 5.74) is 1.02. The average Bonchev–Trinajstić information content (AvgIpc) is 2.48. The van der Waals surface area contributed by atoms with Gasteiger partial charge in [0.1, 0.15) is 23.7 Å². The van der Waals surface area contributed by atoms with Crippen LogP contribution in [0.1, 0.15) is 36.8 Å². The van der Waals surface area contributed by atoms with Gasteiger partial charge >= 0.3 is 0 Å². The quantitative estimate of drug-likeness (QED) is 0.890. The number of hydrogen-bond acceptors (Lipinski definition) is 4. The summed E-state index contributed by atoms with van der Waals surface area (Å²) in [6.07, 6.45) is 2.09. The van der Waals surface area contributed by atoms with Crippen molar-refractivity contribution in [2.24, 2.45) is 0 Å². The van der Waals surface area contributed by atoms with Gasteiger partial charge in [-0.2, -0.15) is 0 Å². The van der Waals surface area contributed by atoms with E-state index >= 15 is 0 Å². The molecule has 0 bridgehead atoms. The van der Waals surface area contributed by atoms with Crippen LogP contribution in [-0.4, -0.2) is 28.0 Å². The number of carbonyl (C=O) groups excluding carboxylic acids is 1. The van der Waals surface area contributed by atoms with Crippen LogP contribution in [0.3, 0.4) is 0 Å². The maximum atomic E-state index is 12.8. The molecule has 0 fully saturated rings. The first-order chi connectivity index (χ1) is 10.8. The Hall–Kier alpha value is -2.50. The number of nitrogens with zero attached hydrogens (tertiary/aromatic N) is 2. The van der Waals surface area contributed by atoms with Crippen molar-refractivity contribution in [3.8, 4) is 0 Å². The van der Waals surface area contributed by atoms with Gasteiger partial charge in [0.05, 0.1) is 0 Å². The smallest absolute Gasteiger partial charge is 0.270 e. The van der Waals surface area contributed by atoms with Gasteiger partial charge in [-0.3, -0.25) is 4.79 Å². The van der Waals surface area contributed by atoms with Gasteiger partial charge in [0, 0.05) is 18.2 Å². The van der Waals surface area contributed by atoms with Crippen LogP contribution in [0.5, 0.6) is 0 Å². The van der Waals surface area contributed by atoms with Crippen molar-refractivity contribution in [3.63, 3.8) is 0 Å². The van der Waals surface area contributed by atoms with Crippen molar-refractivity contribution in [3.05, 3.63) is 53.7 Å². The molecule has 0 spiro atoms. The van der Waals surface area contributed by atoms with E-state index in [1.54, 1.807) is 18.2 Å². The van der Waals surface area contributed by atoms with Crippen molar-refractivity contribution >= 4 is 11.7 Å². The van der Waals surface area contributed by atoms with Gasteiger partial charge in [0.25, 0.3) is 5.91 Å². The van der Waals surface area contributed by atoms with E-state index in [4.69, 9.17) is 0 Å². The molecule has 0 unspecified atom stereocenters. The first kappa shape index (κ1) is 16.9. The third-order valence-corrected chi connectivity index (χ3v) is 3.02. The van der Waals surface area contributed by atoms with Crippen molar-refractivity contribution in [1.82, 2.24) is 15.3 Å². The number of rotatable bonds is 5. The highest BCUT2D eigenvalue weighted by Gasteiger charge is 2.16. The normalized spacial score (nSPS) is 11.1. The van der Waals surface area contributed by atoms with E-state index < -0.39 is 0 Å². The molecule has 1 heterocycles. The van der Waals surface area contributed by atoms with Crippen LogP contribution >= 0.6 is 0 Å². The largest absolute Gasteiger partial charge is 0.370 e. The predicted octanol–water partition coefficient (Wildman–Crippen LogP) is 2.80. The zero-order valence-electron chi connectivity index (χ0n) is 13.6. The fourth-order valence-corrected chi connectivity index (χ4v) is 1.97. The SMILES string of the molecule is CC(C)(C)NC(=O)c1cc(NCCc2ccc(F)cc2)ncn1. The Balaban J connectivity index is 1.92. The minimum Gasteiger partial charge on any atom is -0.370 e. The summed E-state index contributed by atoms with van der Waals surface area (Å²) in [5.74, 6) is 0.106. The number of aromatic nitrogens is 2. The molecule has 0 saturated carbocycles. The zero-order chi connectivity index (χ0) is 16.9. The van der Waals surface area contributed by atoms with Gasteiger partial charge in [-0.15, -0.1) is 0 Å². The highest BCUT2D eigenvalue weighted by Crippen LogP contribution is 2.08. The number of anilines is 1. The molecule has 122 valence electrons. The lowest BCUT2D eigenvalue weighted by Gasteiger charge is -2.20. The Labute approximate surface area is 135 Å². The van der Waals surface area contributed by atoms with Crippen LogP contribution in [0.4, 0.5) is 10.2 Å². The van der Waals surface area contributed by atoms with E-state index in [1.807, 2.05) is 20.8 Å². The Morgan fingerprint density at radius 2 is 1.87 bits per heavy atom. The van der Waals surface area contributed by atoms with Gasteiger partial charge in [-0.1, -0.05) is 12.1 Å². The van der Waals surface area contributed by atoms with Crippen molar-refractivity contribution < 1.29 is 9.18 Å². The van der Waals surface area contributed by atoms with Gasteiger partial charge in [0.15, 0.2) is 0 Å². The molecule has 6 heteroatoms. The van der Waals surface area contributed by atoms with Gasteiger partial charge in [-0.05, 0) is 44.9 Å². The summed E-state index contributed by atoms with van der Waals surface area (Å²) >= 11 is 0. The molecular formula is C17H21FN4O. The molecule has 2 N–H and O–H groups in total. The standard InChI is InChI=1S/C17H21FN4O/c1-17(2,3)22-16(23)14-10-15(21-11-20-14)19-9-8-12-4-6-13(18)7-5-12/h4-7,10-11H,8-9H2,1-3H3,(H,22,23)(H,19,20,21). The van der Waals surface area contributed by atoms with E-state index in [9.17, 15) is 9.18 Å². The highest BCUT2D eigenvalue weighted by atomic mass is 19.1. The monoisotopic (exact) mass is 316 g/mol.